The van der Waals surface area contributed by atoms with Crippen molar-refractivity contribution in [2.45, 2.75) is 4.90 Å². The van der Waals surface area contributed by atoms with Crippen molar-refractivity contribution in [2.75, 3.05) is 6.26 Å². The monoisotopic (exact) mass is 190 g/mol. The minimum atomic E-state index is 1.14. The van der Waals surface area contributed by atoms with Crippen LogP contribution in [0, 0.1) is 0 Å². The summed E-state index contributed by atoms with van der Waals surface area (Å²) in [5, 5.41) is 4.20. The van der Waals surface area contributed by atoms with Crippen LogP contribution in [-0.4, -0.2) is 16.0 Å². The van der Waals surface area contributed by atoms with Gasteiger partial charge in [0, 0.05) is 17.3 Å². The standard InChI is InChI=1S/C10H10N2S/c1-13-10-6-3-2-5-9(10)12-8-4-7-11-12/h2-8H,1H3. The van der Waals surface area contributed by atoms with Gasteiger partial charge in [0.05, 0.1) is 5.69 Å². The first-order chi connectivity index (χ1) is 6.42. The van der Waals surface area contributed by atoms with Gasteiger partial charge in [0.2, 0.25) is 0 Å². The van der Waals surface area contributed by atoms with Gasteiger partial charge >= 0.3 is 0 Å². The number of hydrogen-bond donors (Lipinski definition) is 0. The number of hydrogen-bond acceptors (Lipinski definition) is 2. The quantitative estimate of drug-likeness (QED) is 0.677. The first kappa shape index (κ1) is 8.38. The molecule has 1 aromatic heterocycles. The second kappa shape index (κ2) is 3.66. The molecule has 2 aromatic rings. The number of aromatic nitrogens is 2. The van der Waals surface area contributed by atoms with Crippen LogP contribution in [-0.2, 0) is 0 Å². The Balaban J connectivity index is 2.51. The van der Waals surface area contributed by atoms with Crippen molar-refractivity contribution in [3.8, 4) is 5.69 Å². The third-order valence-electron chi connectivity index (χ3n) is 1.84. The molecule has 0 atom stereocenters. The van der Waals surface area contributed by atoms with Gasteiger partial charge in [-0.15, -0.1) is 11.8 Å². The van der Waals surface area contributed by atoms with Crippen molar-refractivity contribution < 1.29 is 0 Å². The van der Waals surface area contributed by atoms with Crippen LogP contribution in [0.15, 0.2) is 47.6 Å². The lowest BCUT2D eigenvalue weighted by molar-refractivity contribution is 0.862. The summed E-state index contributed by atoms with van der Waals surface area (Å²) in [5.41, 5.74) is 1.14. The van der Waals surface area contributed by atoms with Gasteiger partial charge in [-0.1, -0.05) is 12.1 Å². The third kappa shape index (κ3) is 1.60. The molecule has 0 aliphatic heterocycles. The van der Waals surface area contributed by atoms with Crippen LogP contribution in [0.5, 0.6) is 0 Å². The van der Waals surface area contributed by atoms with E-state index in [-0.39, 0.29) is 0 Å². The van der Waals surface area contributed by atoms with E-state index in [4.69, 9.17) is 0 Å². The summed E-state index contributed by atoms with van der Waals surface area (Å²) in [6, 6.07) is 10.2. The minimum absolute atomic E-state index is 1.14. The molecule has 0 unspecified atom stereocenters. The number of para-hydroxylation sites is 1. The van der Waals surface area contributed by atoms with Gasteiger partial charge in [-0.2, -0.15) is 5.10 Å². The summed E-state index contributed by atoms with van der Waals surface area (Å²) in [7, 11) is 0. The van der Waals surface area contributed by atoms with Crippen LogP contribution in [0.4, 0.5) is 0 Å². The summed E-state index contributed by atoms with van der Waals surface area (Å²) in [6.45, 7) is 0. The fourth-order valence-corrected chi connectivity index (χ4v) is 1.82. The van der Waals surface area contributed by atoms with Crippen LogP contribution < -0.4 is 0 Å². The largest absolute Gasteiger partial charge is 0.240 e. The Kier molecular flexibility index (Phi) is 2.36. The molecule has 0 aliphatic carbocycles. The lowest BCUT2D eigenvalue weighted by Crippen LogP contribution is -1.95. The summed E-state index contributed by atoms with van der Waals surface area (Å²) >= 11 is 1.73. The zero-order valence-electron chi connectivity index (χ0n) is 7.34. The maximum atomic E-state index is 4.20. The fourth-order valence-electron chi connectivity index (χ4n) is 1.23. The van der Waals surface area contributed by atoms with Crippen LogP contribution in [0.3, 0.4) is 0 Å². The van der Waals surface area contributed by atoms with E-state index in [1.165, 1.54) is 4.90 Å². The lowest BCUT2D eigenvalue weighted by Gasteiger charge is -2.05. The average Bonchev–Trinajstić information content (AvgIpc) is 2.70. The van der Waals surface area contributed by atoms with E-state index in [0.29, 0.717) is 0 Å². The molecule has 0 saturated carbocycles. The molecule has 0 fully saturated rings. The highest BCUT2D eigenvalue weighted by atomic mass is 32.2. The molecule has 0 radical (unpaired) electrons. The molecule has 0 spiro atoms. The van der Waals surface area contributed by atoms with E-state index in [9.17, 15) is 0 Å². The van der Waals surface area contributed by atoms with Gasteiger partial charge in [0.25, 0.3) is 0 Å². The van der Waals surface area contributed by atoms with Crippen molar-refractivity contribution in [2.24, 2.45) is 0 Å². The van der Waals surface area contributed by atoms with Crippen molar-refractivity contribution in [3.63, 3.8) is 0 Å². The van der Waals surface area contributed by atoms with E-state index < -0.39 is 0 Å². The summed E-state index contributed by atoms with van der Waals surface area (Å²) in [4.78, 5) is 1.24. The number of benzene rings is 1. The van der Waals surface area contributed by atoms with Crippen LogP contribution in [0.2, 0.25) is 0 Å². The molecule has 3 heteroatoms. The Labute approximate surface area is 81.6 Å². The van der Waals surface area contributed by atoms with Crippen LogP contribution in [0.1, 0.15) is 0 Å². The molecule has 0 saturated heterocycles. The van der Waals surface area contributed by atoms with Crippen molar-refractivity contribution in [1.29, 1.82) is 0 Å². The first-order valence-electron chi connectivity index (χ1n) is 4.05. The Bertz CT molecular complexity index is 382. The van der Waals surface area contributed by atoms with Gasteiger partial charge < -0.3 is 0 Å². The molecule has 13 heavy (non-hydrogen) atoms. The van der Waals surface area contributed by atoms with E-state index in [1.807, 2.05) is 29.1 Å². The highest BCUT2D eigenvalue weighted by molar-refractivity contribution is 7.98. The number of rotatable bonds is 2. The smallest absolute Gasteiger partial charge is 0.0781 e. The van der Waals surface area contributed by atoms with Gasteiger partial charge in [0.1, 0.15) is 0 Å². The molecule has 0 bridgehead atoms. The van der Waals surface area contributed by atoms with Crippen molar-refractivity contribution >= 4 is 11.8 Å². The maximum absolute atomic E-state index is 4.20. The SMILES string of the molecule is CSc1ccccc1-n1cccn1. The average molecular weight is 190 g/mol. The molecule has 2 rings (SSSR count). The number of thioether (sulfide) groups is 1. The van der Waals surface area contributed by atoms with Crippen LogP contribution >= 0.6 is 11.8 Å². The van der Waals surface area contributed by atoms with Gasteiger partial charge in [-0.25, -0.2) is 4.68 Å². The summed E-state index contributed by atoms with van der Waals surface area (Å²) < 4.78 is 1.88. The van der Waals surface area contributed by atoms with E-state index in [2.05, 4.69) is 23.5 Å². The zero-order chi connectivity index (χ0) is 9.10. The predicted molar refractivity (Wildman–Crippen MR) is 55.3 cm³/mol. The van der Waals surface area contributed by atoms with E-state index >= 15 is 0 Å². The van der Waals surface area contributed by atoms with Crippen molar-refractivity contribution in [3.05, 3.63) is 42.7 Å². The normalized spacial score (nSPS) is 10.2. The second-order valence-electron chi connectivity index (χ2n) is 2.62. The molecular formula is C10H10N2S. The van der Waals surface area contributed by atoms with E-state index in [1.54, 1.807) is 18.0 Å². The summed E-state index contributed by atoms with van der Waals surface area (Å²) in [5.74, 6) is 0. The van der Waals surface area contributed by atoms with Gasteiger partial charge in [0.15, 0.2) is 0 Å². The molecule has 0 aliphatic rings. The summed E-state index contributed by atoms with van der Waals surface area (Å²) in [6.07, 6.45) is 5.81. The van der Waals surface area contributed by atoms with Crippen LogP contribution in [0.25, 0.3) is 5.69 Å². The second-order valence-corrected chi connectivity index (χ2v) is 3.47. The predicted octanol–water partition coefficient (Wildman–Crippen LogP) is 2.59. The molecule has 2 nitrogen and oxygen atoms in total. The molecule has 0 amide bonds. The third-order valence-corrected chi connectivity index (χ3v) is 2.62. The molecule has 1 aromatic carbocycles. The zero-order valence-corrected chi connectivity index (χ0v) is 8.16. The Morgan fingerprint density at radius 2 is 2.08 bits per heavy atom. The topological polar surface area (TPSA) is 17.8 Å². The number of nitrogens with zero attached hydrogens (tertiary/aromatic N) is 2. The lowest BCUT2D eigenvalue weighted by atomic mass is 10.3. The molecule has 66 valence electrons. The fraction of sp³-hybridized carbons (Fsp3) is 0.100. The Morgan fingerprint density at radius 3 is 2.77 bits per heavy atom. The molecular weight excluding hydrogens is 180 g/mol. The molecule has 1 heterocycles. The van der Waals surface area contributed by atoms with Gasteiger partial charge in [-0.05, 0) is 24.5 Å². The maximum Gasteiger partial charge on any atom is 0.0781 e. The molecule has 0 N–H and O–H groups in total. The van der Waals surface area contributed by atoms with E-state index in [0.717, 1.165) is 5.69 Å². The minimum Gasteiger partial charge on any atom is -0.240 e. The van der Waals surface area contributed by atoms with Gasteiger partial charge in [-0.3, -0.25) is 0 Å². The highest BCUT2D eigenvalue weighted by Gasteiger charge is 2.01. The first-order valence-corrected chi connectivity index (χ1v) is 5.27. The Hall–Kier alpha value is -1.22. The van der Waals surface area contributed by atoms with Crippen molar-refractivity contribution in [1.82, 2.24) is 9.78 Å². The Morgan fingerprint density at radius 1 is 1.23 bits per heavy atom. The highest BCUT2D eigenvalue weighted by Crippen LogP contribution is 2.22.